The van der Waals surface area contributed by atoms with Crippen LogP contribution in [-0.2, 0) is 19.3 Å². The topological polar surface area (TPSA) is 9.23 Å². The van der Waals surface area contributed by atoms with Gasteiger partial charge in [0.1, 0.15) is 5.82 Å². The summed E-state index contributed by atoms with van der Waals surface area (Å²) in [5.74, 6) is -2.11. The summed E-state index contributed by atoms with van der Waals surface area (Å²) in [6.07, 6.45) is 3.12. The van der Waals surface area contributed by atoms with Crippen molar-refractivity contribution in [2.24, 2.45) is 0 Å². The van der Waals surface area contributed by atoms with Crippen LogP contribution in [-0.4, -0.2) is 6.61 Å². The highest BCUT2D eigenvalue weighted by Gasteiger charge is 2.15. The van der Waals surface area contributed by atoms with Gasteiger partial charge in [-0.25, -0.2) is 8.78 Å². The Morgan fingerprint density at radius 3 is 2.07 bits per heavy atom. The van der Waals surface area contributed by atoms with Gasteiger partial charge in [0.2, 0.25) is 5.82 Å². The van der Waals surface area contributed by atoms with Crippen LogP contribution in [0.2, 0.25) is 0 Å². The number of rotatable bonds is 8. The molecule has 0 bridgehead atoms. The number of halogens is 3. The first-order valence-electron chi connectivity index (χ1n) is 10.0. The van der Waals surface area contributed by atoms with E-state index in [-0.39, 0.29) is 23.7 Å². The summed E-state index contributed by atoms with van der Waals surface area (Å²) in [5.41, 5.74) is 3.56. The van der Waals surface area contributed by atoms with E-state index in [9.17, 15) is 13.2 Å². The monoisotopic (exact) mass is 398 g/mol. The van der Waals surface area contributed by atoms with E-state index in [2.05, 4.69) is 0 Å². The van der Waals surface area contributed by atoms with Crippen molar-refractivity contribution >= 4 is 0 Å². The molecule has 0 atom stereocenters. The Labute approximate surface area is 170 Å². The predicted molar refractivity (Wildman–Crippen MR) is 111 cm³/mol. The molecule has 0 aliphatic heterocycles. The molecule has 0 unspecified atom stereocenters. The molecule has 0 amide bonds. The second-order valence-corrected chi connectivity index (χ2v) is 7.04. The molecule has 0 aliphatic carbocycles. The van der Waals surface area contributed by atoms with Crippen LogP contribution < -0.4 is 4.74 Å². The van der Waals surface area contributed by atoms with Crippen molar-refractivity contribution < 1.29 is 17.9 Å². The third kappa shape index (κ3) is 5.00. The average Bonchev–Trinajstić information content (AvgIpc) is 2.73. The number of ether oxygens (including phenoxy) is 1. The second kappa shape index (κ2) is 9.64. The molecule has 3 rings (SSSR count). The number of hydrogen-bond donors (Lipinski definition) is 0. The van der Waals surface area contributed by atoms with Crippen molar-refractivity contribution in [3.63, 3.8) is 0 Å². The molecule has 29 heavy (non-hydrogen) atoms. The molecule has 0 heterocycles. The van der Waals surface area contributed by atoms with Crippen LogP contribution >= 0.6 is 0 Å². The Morgan fingerprint density at radius 2 is 1.41 bits per heavy atom. The first-order valence-corrected chi connectivity index (χ1v) is 10.0. The van der Waals surface area contributed by atoms with Crippen LogP contribution in [0.15, 0.2) is 54.6 Å². The van der Waals surface area contributed by atoms with Crippen LogP contribution in [0.4, 0.5) is 13.2 Å². The largest absolute Gasteiger partial charge is 0.491 e. The fourth-order valence-corrected chi connectivity index (χ4v) is 3.38. The van der Waals surface area contributed by atoms with Crippen molar-refractivity contribution in [1.29, 1.82) is 0 Å². The van der Waals surface area contributed by atoms with E-state index in [1.54, 1.807) is 25.1 Å². The minimum absolute atomic E-state index is 0.0810. The Hall–Kier alpha value is -2.75. The number of hydrogen-bond acceptors (Lipinski definition) is 1. The Bertz CT molecular complexity index is 965. The van der Waals surface area contributed by atoms with Crippen LogP contribution in [0.5, 0.6) is 5.75 Å². The SMILES string of the molecule is CCCc1ccc(CCc2ccc(-c3ccc(OCC)c(F)c3F)cc2)cc1F. The van der Waals surface area contributed by atoms with E-state index >= 15 is 0 Å². The zero-order valence-electron chi connectivity index (χ0n) is 16.8. The maximum Gasteiger partial charge on any atom is 0.201 e. The van der Waals surface area contributed by atoms with Gasteiger partial charge in [0, 0.05) is 5.56 Å². The molecule has 3 aromatic carbocycles. The van der Waals surface area contributed by atoms with Crippen LogP contribution in [0.1, 0.15) is 37.0 Å². The maximum absolute atomic E-state index is 14.4. The summed E-state index contributed by atoms with van der Waals surface area (Å²) in [4.78, 5) is 0. The lowest BCUT2D eigenvalue weighted by molar-refractivity contribution is 0.314. The minimum atomic E-state index is -0.970. The van der Waals surface area contributed by atoms with E-state index in [0.29, 0.717) is 12.0 Å². The van der Waals surface area contributed by atoms with Crippen molar-refractivity contribution in [2.75, 3.05) is 6.61 Å². The molecule has 1 nitrogen and oxygen atoms in total. The van der Waals surface area contributed by atoms with Gasteiger partial charge in [-0.05, 0) is 66.6 Å². The van der Waals surface area contributed by atoms with Gasteiger partial charge in [0.05, 0.1) is 6.61 Å². The van der Waals surface area contributed by atoms with Gasteiger partial charge in [-0.2, -0.15) is 4.39 Å². The minimum Gasteiger partial charge on any atom is -0.491 e. The van der Waals surface area contributed by atoms with E-state index in [1.165, 1.54) is 12.1 Å². The standard InChI is InChI=1S/C25H25F3O/c1-3-5-20-13-10-18(16-22(20)26)7-6-17-8-11-19(12-9-17)21-14-15-23(29-4-2)25(28)24(21)27/h8-16H,3-7H2,1-2H3. The molecule has 4 heteroatoms. The summed E-state index contributed by atoms with van der Waals surface area (Å²) in [7, 11) is 0. The molecule has 3 aromatic rings. The van der Waals surface area contributed by atoms with E-state index in [1.807, 2.05) is 31.2 Å². The van der Waals surface area contributed by atoms with Gasteiger partial charge >= 0.3 is 0 Å². The molecule has 0 aliphatic rings. The summed E-state index contributed by atoms with van der Waals surface area (Å²) in [6.45, 7) is 4.03. The van der Waals surface area contributed by atoms with Crippen molar-refractivity contribution in [1.82, 2.24) is 0 Å². The first kappa shape index (κ1) is 21.0. The molecule has 0 saturated carbocycles. The first-order chi connectivity index (χ1) is 14.0. The van der Waals surface area contributed by atoms with E-state index in [4.69, 9.17) is 4.74 Å². The summed E-state index contributed by atoms with van der Waals surface area (Å²) in [5, 5.41) is 0. The van der Waals surface area contributed by atoms with E-state index in [0.717, 1.165) is 36.0 Å². The lowest BCUT2D eigenvalue weighted by atomic mass is 9.99. The van der Waals surface area contributed by atoms with Gasteiger partial charge in [0.25, 0.3) is 0 Å². The Morgan fingerprint density at radius 1 is 0.724 bits per heavy atom. The highest BCUT2D eigenvalue weighted by Crippen LogP contribution is 2.30. The summed E-state index contributed by atoms with van der Waals surface area (Å²) in [6, 6.07) is 15.8. The zero-order chi connectivity index (χ0) is 20.8. The predicted octanol–water partition coefficient (Wildman–Crippen LogP) is 6.91. The summed E-state index contributed by atoms with van der Waals surface area (Å²) >= 11 is 0. The van der Waals surface area contributed by atoms with Crippen LogP contribution in [0, 0.1) is 17.5 Å². The van der Waals surface area contributed by atoms with Crippen molar-refractivity contribution in [3.05, 3.63) is 88.7 Å². The lowest BCUT2D eigenvalue weighted by Crippen LogP contribution is -1.99. The highest BCUT2D eigenvalue weighted by atomic mass is 19.2. The van der Waals surface area contributed by atoms with Gasteiger partial charge in [-0.1, -0.05) is 49.7 Å². The molecular formula is C25H25F3O. The van der Waals surface area contributed by atoms with Gasteiger partial charge in [0.15, 0.2) is 11.6 Å². The molecule has 0 spiro atoms. The van der Waals surface area contributed by atoms with Gasteiger partial charge in [-0.15, -0.1) is 0 Å². The van der Waals surface area contributed by atoms with Gasteiger partial charge in [-0.3, -0.25) is 0 Å². The third-order valence-electron chi connectivity index (χ3n) is 4.95. The second-order valence-electron chi connectivity index (χ2n) is 7.04. The molecule has 0 N–H and O–H groups in total. The molecule has 0 aromatic heterocycles. The lowest BCUT2D eigenvalue weighted by Gasteiger charge is -2.10. The average molecular weight is 398 g/mol. The van der Waals surface area contributed by atoms with Crippen molar-refractivity contribution in [2.45, 2.75) is 39.5 Å². The van der Waals surface area contributed by atoms with Gasteiger partial charge < -0.3 is 4.74 Å². The molecule has 0 fully saturated rings. The number of benzene rings is 3. The molecule has 0 radical (unpaired) electrons. The Kier molecular flexibility index (Phi) is 6.97. The highest BCUT2D eigenvalue weighted by molar-refractivity contribution is 5.65. The normalized spacial score (nSPS) is 10.9. The molecular weight excluding hydrogens is 373 g/mol. The fraction of sp³-hybridized carbons (Fsp3) is 0.280. The number of aryl methyl sites for hydroxylation is 3. The zero-order valence-corrected chi connectivity index (χ0v) is 16.8. The molecule has 0 saturated heterocycles. The van der Waals surface area contributed by atoms with Crippen LogP contribution in [0.25, 0.3) is 11.1 Å². The molecule has 152 valence electrons. The summed E-state index contributed by atoms with van der Waals surface area (Å²) < 4.78 is 47.6. The maximum atomic E-state index is 14.4. The van der Waals surface area contributed by atoms with Crippen LogP contribution in [0.3, 0.4) is 0 Å². The quantitative estimate of drug-likeness (QED) is 0.401. The van der Waals surface area contributed by atoms with Crippen molar-refractivity contribution in [3.8, 4) is 16.9 Å². The fourth-order valence-electron chi connectivity index (χ4n) is 3.38. The Balaban J connectivity index is 1.69. The third-order valence-corrected chi connectivity index (χ3v) is 4.95. The smallest absolute Gasteiger partial charge is 0.201 e. The van der Waals surface area contributed by atoms with E-state index < -0.39 is 11.6 Å².